The maximum Gasteiger partial charge on any atom is 0.338 e. The molecule has 8 rings (SSSR count). The quantitative estimate of drug-likeness (QED) is 0.184. The highest BCUT2D eigenvalue weighted by molar-refractivity contribution is 5.89. The van der Waals surface area contributed by atoms with E-state index < -0.39 is 108 Å². The third-order valence-corrected chi connectivity index (χ3v) is 16.9. The van der Waals surface area contributed by atoms with Crippen LogP contribution in [0.15, 0.2) is 42.0 Å². The van der Waals surface area contributed by atoms with Gasteiger partial charge in [0.05, 0.1) is 48.3 Å². The molecule has 1 aromatic carbocycles. The lowest BCUT2D eigenvalue weighted by Gasteiger charge is -2.66. The summed E-state index contributed by atoms with van der Waals surface area (Å²) in [7, 11) is 4.87. The molecule has 3 saturated heterocycles. The molecule has 1 aromatic rings. The Labute approximate surface area is 377 Å². The maximum absolute atomic E-state index is 13.7. The minimum atomic E-state index is -1.66. The minimum Gasteiger partial charge on any atom is -0.458 e. The summed E-state index contributed by atoms with van der Waals surface area (Å²) in [5.74, 6) is -1.59. The van der Waals surface area contributed by atoms with E-state index in [1.165, 1.54) is 6.92 Å². The van der Waals surface area contributed by atoms with Crippen LogP contribution in [-0.4, -0.2) is 146 Å². The number of carbonyl (C=O) groups excluding carboxylic acids is 2. The summed E-state index contributed by atoms with van der Waals surface area (Å²) in [6.07, 6.45) is -0.323. The zero-order valence-electron chi connectivity index (χ0n) is 39.0. The number of ketones is 1. The first-order chi connectivity index (χ1) is 30.4. The number of fused-ring (bicyclic) bond motifs is 5. The first-order valence-corrected chi connectivity index (χ1v) is 23.5. The highest BCUT2D eigenvalue weighted by Crippen LogP contribution is 2.70. The van der Waals surface area contributed by atoms with Gasteiger partial charge in [0.25, 0.3) is 0 Å². The maximum atomic E-state index is 13.7. The largest absolute Gasteiger partial charge is 0.458 e. The van der Waals surface area contributed by atoms with E-state index in [1.807, 2.05) is 26.8 Å². The van der Waals surface area contributed by atoms with E-state index in [2.05, 4.69) is 13.0 Å². The van der Waals surface area contributed by atoms with Crippen molar-refractivity contribution in [3.05, 3.63) is 47.5 Å². The van der Waals surface area contributed by atoms with E-state index in [9.17, 15) is 24.9 Å². The van der Waals surface area contributed by atoms with Gasteiger partial charge < -0.3 is 62.7 Å². The van der Waals surface area contributed by atoms with E-state index in [-0.39, 0.29) is 36.9 Å². The van der Waals surface area contributed by atoms with Crippen LogP contribution in [0.5, 0.6) is 0 Å². The topological polar surface area (TPSA) is 187 Å². The molecule has 0 bridgehead atoms. The molecule has 0 radical (unpaired) electrons. The zero-order chi connectivity index (χ0) is 45.9. The Morgan fingerprint density at radius 2 is 1.30 bits per heavy atom. The number of methoxy groups -OCH3 is 3. The molecule has 64 heavy (non-hydrogen) atoms. The highest BCUT2D eigenvalue weighted by Gasteiger charge is 2.77. The smallest absolute Gasteiger partial charge is 0.338 e. The van der Waals surface area contributed by atoms with Gasteiger partial charge >= 0.3 is 5.97 Å². The monoisotopic (exact) mass is 900 g/mol. The molecular weight excluding hydrogens is 829 g/mol. The zero-order valence-corrected chi connectivity index (χ0v) is 39.0. The van der Waals surface area contributed by atoms with Crippen molar-refractivity contribution >= 4 is 11.8 Å². The van der Waals surface area contributed by atoms with Crippen LogP contribution in [-0.2, 0) is 52.2 Å². The van der Waals surface area contributed by atoms with Crippen LogP contribution in [0.25, 0.3) is 0 Å². The lowest BCUT2D eigenvalue weighted by atomic mass is 9.43. The van der Waals surface area contributed by atoms with Gasteiger partial charge in [-0.25, -0.2) is 4.79 Å². The first kappa shape index (κ1) is 48.1. The van der Waals surface area contributed by atoms with Crippen molar-refractivity contribution in [1.29, 1.82) is 0 Å². The van der Waals surface area contributed by atoms with Crippen LogP contribution in [0.4, 0.5) is 0 Å². The van der Waals surface area contributed by atoms with Gasteiger partial charge in [-0.1, -0.05) is 43.7 Å². The third kappa shape index (κ3) is 8.25. The summed E-state index contributed by atoms with van der Waals surface area (Å²) in [6.45, 7) is 11.2. The Bertz CT molecular complexity index is 1850. The van der Waals surface area contributed by atoms with Gasteiger partial charge in [-0.3, -0.25) is 4.79 Å². The predicted molar refractivity (Wildman–Crippen MR) is 230 cm³/mol. The Balaban J connectivity index is 0.914. The number of hydrogen-bond donors (Lipinski definition) is 3. The van der Waals surface area contributed by atoms with Gasteiger partial charge in [0.15, 0.2) is 18.9 Å². The molecule has 0 amide bonds. The molecule has 0 aromatic heterocycles. The van der Waals surface area contributed by atoms with E-state index in [0.29, 0.717) is 56.9 Å². The summed E-state index contributed by atoms with van der Waals surface area (Å²) >= 11 is 0. The van der Waals surface area contributed by atoms with Gasteiger partial charge in [-0.2, -0.15) is 0 Å². The van der Waals surface area contributed by atoms with Gasteiger partial charge in [-0.05, 0) is 90.2 Å². The van der Waals surface area contributed by atoms with E-state index in [0.717, 1.165) is 5.57 Å². The molecule has 3 saturated carbocycles. The van der Waals surface area contributed by atoms with Crippen molar-refractivity contribution in [3.63, 3.8) is 0 Å². The normalized spacial score (nSPS) is 48.0. The van der Waals surface area contributed by atoms with Gasteiger partial charge in [0, 0.05) is 57.8 Å². The number of aliphatic hydroxyl groups is 3. The van der Waals surface area contributed by atoms with Crippen molar-refractivity contribution in [2.45, 2.75) is 203 Å². The summed E-state index contributed by atoms with van der Waals surface area (Å²) in [6, 6.07) is 8.78. The molecule has 0 spiro atoms. The van der Waals surface area contributed by atoms with Gasteiger partial charge in [-0.15, -0.1) is 0 Å². The second-order valence-corrected chi connectivity index (χ2v) is 20.2. The predicted octanol–water partition coefficient (Wildman–Crippen LogP) is 5.19. The molecule has 15 nitrogen and oxygen atoms in total. The number of esters is 1. The number of carbonyl (C=O) groups is 2. The van der Waals surface area contributed by atoms with Crippen LogP contribution in [0.3, 0.4) is 0 Å². The standard InChI is InChI=1S/C49H72O15/c1-26(50)33-17-20-49(54)47(33,6)38(62-45(52)30-13-11-10-12-14-30)25-37-46(5)18-16-32(21-31(46)15-19-48(37,49)53)61-39-23-35(56-8)43(28(3)59-39)64-41-24-36(57-9)44(29(4)60-41)63-40-22-34(55-7)42(51)27(2)58-40/h10-15,27-29,32-44,51,53-54H,16-25H2,1-9H3/t27-,28-,29-,32+,33+,34-,35+,36+,37-,38-,39+,40+,41+,42-,43-,44-,46+,47+,48+,49-/m1/s1. The molecule has 7 aliphatic rings. The Hall–Kier alpha value is -2.38. The SMILES string of the molecule is CO[C@H]1C[C@H](O[C@H]2CC[C@@]3(C)C(=CC[C@]4(O)[C@@H]3C[C@@H](OC(=O)c3ccccc3)[C@]3(C)[C@H](C(C)=O)CC[C@@]34O)C2)O[C@H](C)[C@H]1O[C@H]1C[C@H](OC)[C@H](O[C@H]2C[C@@H](OC)[C@H](O)[C@@H](C)O2)[C@@H](C)O1. The first-order valence-electron chi connectivity index (χ1n) is 23.5. The molecule has 3 aliphatic heterocycles. The molecule has 4 aliphatic carbocycles. The molecule has 3 heterocycles. The number of hydrogen-bond acceptors (Lipinski definition) is 15. The number of aliphatic hydroxyl groups excluding tert-OH is 1. The lowest BCUT2D eigenvalue weighted by Crippen LogP contribution is -2.75. The van der Waals surface area contributed by atoms with E-state index >= 15 is 0 Å². The number of ether oxygens (including phenoxy) is 10. The van der Waals surface area contributed by atoms with Crippen LogP contribution >= 0.6 is 0 Å². The summed E-state index contributed by atoms with van der Waals surface area (Å²) in [5, 5.41) is 36.2. The fourth-order valence-electron chi connectivity index (χ4n) is 13.2. The number of rotatable bonds is 12. The molecule has 6 fully saturated rings. The number of benzene rings is 1. The van der Waals surface area contributed by atoms with Crippen molar-refractivity contribution in [3.8, 4) is 0 Å². The molecule has 20 atom stereocenters. The van der Waals surface area contributed by atoms with Crippen molar-refractivity contribution in [2.75, 3.05) is 21.3 Å². The van der Waals surface area contributed by atoms with Crippen LogP contribution in [0.2, 0.25) is 0 Å². The van der Waals surface area contributed by atoms with E-state index in [4.69, 9.17) is 47.4 Å². The number of Topliss-reactive ketones (excluding diaryl/α,β-unsaturated/α-hetero) is 1. The molecule has 358 valence electrons. The van der Waals surface area contributed by atoms with Gasteiger partial charge in [0.1, 0.15) is 41.4 Å². The summed E-state index contributed by atoms with van der Waals surface area (Å²) < 4.78 is 62.4. The fraction of sp³-hybridized carbons (Fsp3) is 0.796. The fourth-order valence-corrected chi connectivity index (χ4v) is 13.2. The molecular formula is C49H72O15. The van der Waals surface area contributed by atoms with Crippen LogP contribution < -0.4 is 0 Å². The summed E-state index contributed by atoms with van der Waals surface area (Å²) in [4.78, 5) is 26.8. The van der Waals surface area contributed by atoms with Crippen LogP contribution in [0.1, 0.15) is 116 Å². The summed E-state index contributed by atoms with van der Waals surface area (Å²) in [5.41, 5.74) is -3.36. The second-order valence-electron chi connectivity index (χ2n) is 20.2. The molecule has 15 heteroatoms. The van der Waals surface area contributed by atoms with Crippen molar-refractivity contribution in [1.82, 2.24) is 0 Å². The Kier molecular flexibility index (Phi) is 14.0. The third-order valence-electron chi connectivity index (χ3n) is 16.9. The lowest BCUT2D eigenvalue weighted by molar-refractivity contribution is -0.338. The van der Waals surface area contributed by atoms with Gasteiger partial charge in [0.2, 0.25) is 0 Å². The molecule has 0 unspecified atom stereocenters. The highest BCUT2D eigenvalue weighted by atomic mass is 16.7. The Morgan fingerprint density at radius 3 is 1.88 bits per heavy atom. The van der Waals surface area contributed by atoms with E-state index in [1.54, 1.807) is 52.5 Å². The minimum absolute atomic E-state index is 0.0782. The average molecular weight is 901 g/mol. The second kappa shape index (κ2) is 18.6. The molecule has 3 N–H and O–H groups in total. The van der Waals surface area contributed by atoms with Crippen molar-refractivity contribution in [2.24, 2.45) is 22.7 Å². The Morgan fingerprint density at radius 1 is 0.734 bits per heavy atom. The average Bonchev–Trinajstić information content (AvgIpc) is 3.57. The van der Waals surface area contributed by atoms with Crippen LogP contribution in [0, 0.1) is 22.7 Å². The van der Waals surface area contributed by atoms with Crippen molar-refractivity contribution < 1.29 is 72.3 Å².